The van der Waals surface area contributed by atoms with E-state index >= 15 is 0 Å². The average Bonchev–Trinajstić information content (AvgIpc) is 3.32. The number of nitrogens with zero attached hydrogens (tertiary/aromatic N) is 2. The van der Waals surface area contributed by atoms with E-state index in [1.165, 1.54) is 12.7 Å². The van der Waals surface area contributed by atoms with E-state index in [9.17, 15) is 9.59 Å². The zero-order chi connectivity index (χ0) is 22.3. The molecular weight excluding hydrogens is 404 g/mol. The molecule has 2 atom stereocenters. The van der Waals surface area contributed by atoms with Crippen molar-refractivity contribution in [3.63, 3.8) is 0 Å². The molecule has 0 aliphatic carbocycles. The standard InChI is InChI=1S/C25H32N4O3/c1-32-25(31)22(18-7-3-2-4-8-18)29-16-13-20(17-29)24(30)27-15-6-10-21-12-11-19-9-5-14-26-23(19)28-21/h2-4,7-8,11-12,20,22H,5-6,9-10,13-17H2,1H3,(H,26,28)(H,27,30)/t20-,22?/m1/s1. The fourth-order valence-corrected chi connectivity index (χ4v) is 4.61. The van der Waals surface area contributed by atoms with Crippen LogP contribution in [0.1, 0.15) is 42.1 Å². The van der Waals surface area contributed by atoms with Crippen LogP contribution in [0.5, 0.6) is 0 Å². The number of hydrogen-bond acceptors (Lipinski definition) is 6. The first-order valence-corrected chi connectivity index (χ1v) is 11.5. The number of aromatic nitrogens is 1. The summed E-state index contributed by atoms with van der Waals surface area (Å²) in [6.07, 6.45) is 4.67. The molecule has 2 aromatic rings. The minimum Gasteiger partial charge on any atom is -0.468 e. The Hall–Kier alpha value is -2.93. The first-order valence-electron chi connectivity index (χ1n) is 11.5. The molecule has 1 fully saturated rings. The van der Waals surface area contributed by atoms with Gasteiger partial charge >= 0.3 is 5.97 Å². The zero-order valence-corrected chi connectivity index (χ0v) is 18.7. The van der Waals surface area contributed by atoms with Crippen LogP contribution >= 0.6 is 0 Å². The van der Waals surface area contributed by atoms with Crippen molar-refractivity contribution in [1.82, 2.24) is 15.2 Å². The maximum Gasteiger partial charge on any atom is 0.327 e. The lowest BCUT2D eigenvalue weighted by Crippen LogP contribution is -2.36. The molecular formula is C25H32N4O3. The van der Waals surface area contributed by atoms with E-state index in [0.717, 1.165) is 55.7 Å². The SMILES string of the molecule is COC(=O)C(c1ccccc1)N1CC[C@@H](C(=O)NCCCc2ccc3c(n2)NCCC3)C1. The Morgan fingerprint density at radius 2 is 2.09 bits per heavy atom. The number of fused-ring (bicyclic) bond motifs is 1. The third-order valence-electron chi connectivity index (χ3n) is 6.36. The van der Waals surface area contributed by atoms with Gasteiger partial charge in [0.15, 0.2) is 0 Å². The zero-order valence-electron chi connectivity index (χ0n) is 18.7. The quantitative estimate of drug-likeness (QED) is 0.489. The molecule has 4 rings (SSSR count). The third kappa shape index (κ3) is 5.27. The van der Waals surface area contributed by atoms with E-state index in [1.54, 1.807) is 0 Å². The van der Waals surface area contributed by atoms with Gasteiger partial charge in [0, 0.05) is 31.9 Å². The van der Waals surface area contributed by atoms with Crippen molar-refractivity contribution in [3.05, 3.63) is 59.3 Å². The number of carbonyl (C=O) groups is 2. The highest BCUT2D eigenvalue weighted by atomic mass is 16.5. The van der Waals surface area contributed by atoms with Gasteiger partial charge in [-0.15, -0.1) is 0 Å². The Morgan fingerprint density at radius 3 is 2.91 bits per heavy atom. The van der Waals surface area contributed by atoms with Gasteiger partial charge in [-0.3, -0.25) is 9.69 Å². The van der Waals surface area contributed by atoms with E-state index in [1.807, 2.05) is 30.3 Å². The molecule has 1 amide bonds. The molecule has 2 aliphatic heterocycles. The highest BCUT2D eigenvalue weighted by molar-refractivity contribution is 5.80. The van der Waals surface area contributed by atoms with Gasteiger partial charge in [0.1, 0.15) is 11.9 Å². The summed E-state index contributed by atoms with van der Waals surface area (Å²) >= 11 is 0. The summed E-state index contributed by atoms with van der Waals surface area (Å²) in [6.45, 7) is 2.86. The summed E-state index contributed by atoms with van der Waals surface area (Å²) in [6, 6.07) is 13.4. The summed E-state index contributed by atoms with van der Waals surface area (Å²) in [5.74, 6) is 0.674. The largest absolute Gasteiger partial charge is 0.468 e. The molecule has 2 aliphatic rings. The Kier molecular flexibility index (Phi) is 7.37. The van der Waals surface area contributed by atoms with Crippen molar-refractivity contribution < 1.29 is 14.3 Å². The molecule has 170 valence electrons. The van der Waals surface area contributed by atoms with Crippen molar-refractivity contribution >= 4 is 17.7 Å². The number of esters is 1. The molecule has 1 aromatic heterocycles. The van der Waals surface area contributed by atoms with Crippen LogP contribution < -0.4 is 10.6 Å². The second-order valence-corrected chi connectivity index (χ2v) is 8.55. The summed E-state index contributed by atoms with van der Waals surface area (Å²) in [7, 11) is 1.41. The summed E-state index contributed by atoms with van der Waals surface area (Å²) in [5, 5.41) is 6.44. The second kappa shape index (κ2) is 10.6. The molecule has 7 heteroatoms. The molecule has 0 bridgehead atoms. The smallest absolute Gasteiger partial charge is 0.327 e. The number of methoxy groups -OCH3 is 1. The number of hydrogen-bond donors (Lipinski definition) is 2. The first-order chi connectivity index (χ1) is 15.7. The van der Waals surface area contributed by atoms with Crippen molar-refractivity contribution in [2.24, 2.45) is 5.92 Å². The third-order valence-corrected chi connectivity index (χ3v) is 6.36. The number of amides is 1. The van der Waals surface area contributed by atoms with E-state index in [4.69, 9.17) is 9.72 Å². The van der Waals surface area contributed by atoms with Crippen LogP contribution in [0, 0.1) is 5.92 Å². The number of pyridine rings is 1. The minimum atomic E-state index is -0.470. The monoisotopic (exact) mass is 436 g/mol. The van der Waals surface area contributed by atoms with Gasteiger partial charge in [-0.05, 0) is 49.3 Å². The molecule has 0 spiro atoms. The van der Waals surface area contributed by atoms with Gasteiger partial charge in [-0.25, -0.2) is 9.78 Å². The molecule has 0 radical (unpaired) electrons. The fourth-order valence-electron chi connectivity index (χ4n) is 4.61. The number of likely N-dealkylation sites (tertiary alicyclic amines) is 1. The number of nitrogens with one attached hydrogen (secondary N) is 2. The van der Waals surface area contributed by atoms with Gasteiger partial charge in [0.2, 0.25) is 5.91 Å². The Labute approximate surface area is 189 Å². The van der Waals surface area contributed by atoms with Gasteiger partial charge in [0.05, 0.1) is 13.0 Å². The molecule has 3 heterocycles. The number of anilines is 1. The number of aryl methyl sites for hydroxylation is 2. The maximum atomic E-state index is 12.7. The van der Waals surface area contributed by atoms with Crippen molar-refractivity contribution in [1.29, 1.82) is 0 Å². The van der Waals surface area contributed by atoms with Crippen LogP contribution in [0.25, 0.3) is 0 Å². The highest BCUT2D eigenvalue weighted by Crippen LogP contribution is 2.29. The van der Waals surface area contributed by atoms with E-state index < -0.39 is 6.04 Å². The van der Waals surface area contributed by atoms with Crippen molar-refractivity contribution in [2.75, 3.05) is 38.6 Å². The number of carbonyl (C=O) groups excluding carboxylic acids is 2. The number of ether oxygens (including phenoxy) is 1. The van der Waals surface area contributed by atoms with Gasteiger partial charge in [0.25, 0.3) is 0 Å². The maximum absolute atomic E-state index is 12.7. The molecule has 7 nitrogen and oxygen atoms in total. The summed E-state index contributed by atoms with van der Waals surface area (Å²) in [4.78, 5) is 31.9. The summed E-state index contributed by atoms with van der Waals surface area (Å²) < 4.78 is 5.04. The van der Waals surface area contributed by atoms with Gasteiger partial charge < -0.3 is 15.4 Å². The lowest BCUT2D eigenvalue weighted by molar-refractivity contribution is -0.147. The summed E-state index contributed by atoms with van der Waals surface area (Å²) in [5.41, 5.74) is 3.25. The molecule has 1 saturated heterocycles. The first kappa shape index (κ1) is 22.3. The molecule has 32 heavy (non-hydrogen) atoms. The van der Waals surface area contributed by atoms with Crippen LogP contribution in [-0.4, -0.2) is 55.0 Å². The Balaban J connectivity index is 1.25. The molecule has 1 aromatic carbocycles. The topological polar surface area (TPSA) is 83.6 Å². The second-order valence-electron chi connectivity index (χ2n) is 8.55. The predicted octanol–water partition coefficient (Wildman–Crippen LogP) is 2.72. The molecule has 2 N–H and O–H groups in total. The fraction of sp³-hybridized carbons (Fsp3) is 0.480. The van der Waals surface area contributed by atoms with Gasteiger partial charge in [-0.2, -0.15) is 0 Å². The van der Waals surface area contributed by atoms with Crippen LogP contribution in [0.2, 0.25) is 0 Å². The van der Waals surface area contributed by atoms with Crippen LogP contribution in [0.3, 0.4) is 0 Å². The lowest BCUT2D eigenvalue weighted by atomic mass is 10.1. The predicted molar refractivity (Wildman–Crippen MR) is 123 cm³/mol. The Morgan fingerprint density at radius 1 is 1.25 bits per heavy atom. The van der Waals surface area contributed by atoms with Crippen molar-refractivity contribution in [3.8, 4) is 0 Å². The normalized spacial score (nSPS) is 19.0. The van der Waals surface area contributed by atoms with Crippen molar-refractivity contribution in [2.45, 2.75) is 38.1 Å². The Bertz CT molecular complexity index is 934. The molecule has 1 unspecified atom stereocenters. The van der Waals surface area contributed by atoms with E-state index in [-0.39, 0.29) is 17.8 Å². The van der Waals surface area contributed by atoms with Crippen LogP contribution in [0.4, 0.5) is 5.82 Å². The lowest BCUT2D eigenvalue weighted by Gasteiger charge is -2.25. The van der Waals surface area contributed by atoms with E-state index in [0.29, 0.717) is 19.6 Å². The average molecular weight is 437 g/mol. The minimum absolute atomic E-state index is 0.0595. The number of benzene rings is 1. The van der Waals surface area contributed by atoms with E-state index in [2.05, 4.69) is 27.7 Å². The van der Waals surface area contributed by atoms with Crippen LogP contribution in [0.15, 0.2) is 42.5 Å². The van der Waals surface area contributed by atoms with Crippen LogP contribution in [-0.2, 0) is 27.2 Å². The highest BCUT2D eigenvalue weighted by Gasteiger charge is 2.36. The van der Waals surface area contributed by atoms with Gasteiger partial charge in [-0.1, -0.05) is 36.4 Å². The number of rotatable bonds is 8. The molecule has 0 saturated carbocycles.